The van der Waals surface area contributed by atoms with Crippen molar-refractivity contribution in [3.8, 4) is 0 Å². The lowest BCUT2D eigenvalue weighted by atomic mass is 9.94. The molecule has 1 aliphatic carbocycles. The monoisotopic (exact) mass is 386 g/mol. The molecule has 0 aromatic heterocycles. The minimum absolute atomic E-state index is 0.847. The highest BCUT2D eigenvalue weighted by molar-refractivity contribution is 14.1. The zero-order valence-corrected chi connectivity index (χ0v) is 14.7. The zero-order valence-electron chi connectivity index (χ0n) is 12.6. The molecule has 1 N–H and O–H groups in total. The van der Waals surface area contributed by atoms with E-state index in [0.717, 1.165) is 19.1 Å². The quantitative estimate of drug-likeness (QED) is 0.562. The number of nitrogens with one attached hydrogen (secondary N) is 1. The lowest BCUT2D eigenvalue weighted by Gasteiger charge is -2.31. The molecular weight excluding hydrogens is 359 g/mol. The van der Waals surface area contributed by atoms with Crippen molar-refractivity contribution in [3.63, 3.8) is 0 Å². The summed E-state index contributed by atoms with van der Waals surface area (Å²) in [6.07, 6.45) is 8.37. The van der Waals surface area contributed by atoms with Crippen LogP contribution in [0.5, 0.6) is 0 Å². The first-order valence-electron chi connectivity index (χ1n) is 7.91. The van der Waals surface area contributed by atoms with Crippen LogP contribution >= 0.6 is 22.6 Å². The molecule has 112 valence electrons. The topological polar surface area (TPSA) is 15.3 Å². The number of halogens is 1. The number of hydrogen-bond acceptors (Lipinski definition) is 2. The molecule has 1 saturated carbocycles. The van der Waals surface area contributed by atoms with Crippen molar-refractivity contribution in [1.29, 1.82) is 0 Å². The van der Waals surface area contributed by atoms with Crippen molar-refractivity contribution in [2.75, 3.05) is 20.1 Å². The summed E-state index contributed by atoms with van der Waals surface area (Å²) in [5.41, 5.74) is 1.38. The second-order valence-electron chi connectivity index (χ2n) is 5.93. The van der Waals surface area contributed by atoms with Gasteiger partial charge in [-0.05, 0) is 79.7 Å². The molecule has 3 heteroatoms. The molecule has 0 unspecified atom stereocenters. The largest absolute Gasteiger partial charge is 0.313 e. The molecule has 0 saturated heterocycles. The van der Waals surface area contributed by atoms with Crippen LogP contribution in [0.15, 0.2) is 24.3 Å². The van der Waals surface area contributed by atoms with Gasteiger partial charge in [-0.2, -0.15) is 0 Å². The van der Waals surface area contributed by atoms with Crippen molar-refractivity contribution in [3.05, 3.63) is 33.4 Å². The van der Waals surface area contributed by atoms with Crippen molar-refractivity contribution >= 4 is 22.6 Å². The highest BCUT2D eigenvalue weighted by Crippen LogP contribution is 2.21. The Morgan fingerprint density at radius 2 is 1.85 bits per heavy atom. The Labute approximate surface area is 137 Å². The first-order chi connectivity index (χ1) is 9.75. The predicted octanol–water partition coefficient (Wildman–Crippen LogP) is 4.04. The van der Waals surface area contributed by atoms with Gasteiger partial charge in [-0.3, -0.25) is 0 Å². The Kier molecular flexibility index (Phi) is 7.31. The van der Waals surface area contributed by atoms with E-state index in [9.17, 15) is 0 Å². The van der Waals surface area contributed by atoms with E-state index < -0.39 is 0 Å². The fourth-order valence-corrected chi connectivity index (χ4v) is 3.35. The van der Waals surface area contributed by atoms with Crippen molar-refractivity contribution in [1.82, 2.24) is 10.2 Å². The summed E-state index contributed by atoms with van der Waals surface area (Å²) in [6, 6.07) is 9.62. The van der Waals surface area contributed by atoms with Crippen LogP contribution in [0.25, 0.3) is 0 Å². The molecule has 0 bridgehead atoms. The van der Waals surface area contributed by atoms with Gasteiger partial charge < -0.3 is 10.2 Å². The molecular formula is C17H27IN2. The van der Waals surface area contributed by atoms with Crippen LogP contribution in [0, 0.1) is 3.57 Å². The first kappa shape index (κ1) is 16.2. The third-order valence-electron chi connectivity index (χ3n) is 4.30. The van der Waals surface area contributed by atoms with E-state index in [2.05, 4.69) is 64.1 Å². The van der Waals surface area contributed by atoms with Gasteiger partial charge in [0.2, 0.25) is 0 Å². The molecule has 1 fully saturated rings. The van der Waals surface area contributed by atoms with E-state index >= 15 is 0 Å². The lowest BCUT2D eigenvalue weighted by Crippen LogP contribution is -2.35. The van der Waals surface area contributed by atoms with Gasteiger partial charge in [0.15, 0.2) is 0 Å². The standard InChI is InChI=1S/C17H27IN2/c1-20(17-6-3-2-4-7-17)13-5-12-19-14-15-8-10-16(18)11-9-15/h8-11,17,19H,2-7,12-14H2,1H3. The first-order valence-corrected chi connectivity index (χ1v) is 8.99. The van der Waals surface area contributed by atoms with Gasteiger partial charge in [0.05, 0.1) is 0 Å². The number of hydrogen-bond donors (Lipinski definition) is 1. The molecule has 2 rings (SSSR count). The fraction of sp³-hybridized carbons (Fsp3) is 0.647. The van der Waals surface area contributed by atoms with Crippen molar-refractivity contribution in [2.24, 2.45) is 0 Å². The zero-order chi connectivity index (χ0) is 14.2. The summed E-state index contributed by atoms with van der Waals surface area (Å²) in [5, 5.41) is 3.55. The summed E-state index contributed by atoms with van der Waals surface area (Å²) < 4.78 is 1.31. The molecule has 1 aromatic carbocycles. The Morgan fingerprint density at radius 3 is 2.55 bits per heavy atom. The molecule has 0 radical (unpaired) electrons. The minimum atomic E-state index is 0.847. The molecule has 1 aliphatic rings. The predicted molar refractivity (Wildman–Crippen MR) is 95.0 cm³/mol. The van der Waals surface area contributed by atoms with E-state index in [0.29, 0.717) is 0 Å². The summed E-state index contributed by atoms with van der Waals surface area (Å²) in [5.74, 6) is 0. The molecule has 0 atom stereocenters. The van der Waals surface area contributed by atoms with Gasteiger partial charge in [-0.15, -0.1) is 0 Å². The number of benzene rings is 1. The van der Waals surface area contributed by atoms with E-state index in [1.54, 1.807) is 0 Å². The Morgan fingerprint density at radius 1 is 1.15 bits per heavy atom. The summed E-state index contributed by atoms with van der Waals surface area (Å²) in [7, 11) is 2.30. The molecule has 0 aliphatic heterocycles. The lowest BCUT2D eigenvalue weighted by molar-refractivity contribution is 0.189. The second kappa shape index (κ2) is 9.00. The van der Waals surface area contributed by atoms with Crippen LogP contribution in [0.4, 0.5) is 0 Å². The molecule has 0 amide bonds. The smallest absolute Gasteiger partial charge is 0.0205 e. The average Bonchev–Trinajstić information content (AvgIpc) is 2.49. The van der Waals surface area contributed by atoms with Crippen molar-refractivity contribution in [2.45, 2.75) is 51.1 Å². The van der Waals surface area contributed by atoms with Gasteiger partial charge >= 0.3 is 0 Å². The van der Waals surface area contributed by atoms with E-state index in [1.165, 1.54) is 54.2 Å². The maximum Gasteiger partial charge on any atom is 0.0205 e. The Bertz CT molecular complexity index is 371. The van der Waals surface area contributed by atoms with Gasteiger partial charge in [0.25, 0.3) is 0 Å². The second-order valence-corrected chi connectivity index (χ2v) is 7.17. The summed E-state index contributed by atoms with van der Waals surface area (Å²) in [4.78, 5) is 2.58. The van der Waals surface area contributed by atoms with Gasteiger partial charge in [0.1, 0.15) is 0 Å². The summed E-state index contributed by atoms with van der Waals surface area (Å²) in [6.45, 7) is 3.33. The van der Waals surface area contributed by atoms with Crippen LogP contribution in [0.1, 0.15) is 44.1 Å². The van der Waals surface area contributed by atoms with Gasteiger partial charge in [0, 0.05) is 16.2 Å². The molecule has 20 heavy (non-hydrogen) atoms. The number of nitrogens with zero attached hydrogens (tertiary/aromatic N) is 1. The molecule has 1 aromatic rings. The summed E-state index contributed by atoms with van der Waals surface area (Å²) >= 11 is 2.35. The minimum Gasteiger partial charge on any atom is -0.313 e. The van der Waals surface area contributed by atoms with Crippen molar-refractivity contribution < 1.29 is 0 Å². The van der Waals surface area contributed by atoms with Crippen LogP contribution in [-0.2, 0) is 6.54 Å². The third kappa shape index (κ3) is 5.70. The molecule has 0 spiro atoms. The van der Waals surface area contributed by atoms with Gasteiger partial charge in [-0.1, -0.05) is 31.4 Å². The molecule has 0 heterocycles. The van der Waals surface area contributed by atoms with E-state index in [4.69, 9.17) is 0 Å². The van der Waals surface area contributed by atoms with Crippen LogP contribution in [-0.4, -0.2) is 31.1 Å². The highest BCUT2D eigenvalue weighted by Gasteiger charge is 2.16. The maximum absolute atomic E-state index is 3.55. The SMILES string of the molecule is CN(CCCNCc1ccc(I)cc1)C1CCCCC1. The Balaban J connectivity index is 1.55. The Hall–Kier alpha value is -0.130. The fourth-order valence-electron chi connectivity index (χ4n) is 2.99. The average molecular weight is 386 g/mol. The number of rotatable bonds is 7. The molecule has 2 nitrogen and oxygen atoms in total. The third-order valence-corrected chi connectivity index (χ3v) is 5.02. The van der Waals surface area contributed by atoms with E-state index in [1.807, 2.05) is 0 Å². The van der Waals surface area contributed by atoms with Crippen LogP contribution in [0.2, 0.25) is 0 Å². The van der Waals surface area contributed by atoms with Gasteiger partial charge in [-0.25, -0.2) is 0 Å². The highest BCUT2D eigenvalue weighted by atomic mass is 127. The van der Waals surface area contributed by atoms with Crippen LogP contribution in [0.3, 0.4) is 0 Å². The van der Waals surface area contributed by atoms with Crippen LogP contribution < -0.4 is 5.32 Å². The normalized spacial score (nSPS) is 16.8. The van der Waals surface area contributed by atoms with E-state index in [-0.39, 0.29) is 0 Å². The maximum atomic E-state index is 3.55.